The van der Waals surface area contributed by atoms with Gasteiger partial charge in [-0.1, -0.05) is 0 Å². The Balaban J connectivity index is 2.44. The third-order valence-electron chi connectivity index (χ3n) is 2.38. The molecular weight excluding hydrogens is 228 g/mol. The second kappa shape index (κ2) is 5.15. The number of hydrogen-bond donors (Lipinski definition) is 0. The predicted octanol–water partition coefficient (Wildman–Crippen LogP) is 2.12. The number of methoxy groups -OCH3 is 1. The molecule has 0 N–H and O–H groups in total. The molecule has 0 aliphatic rings. The molecule has 2 rings (SSSR count). The monoisotopic (exact) mass is 240 g/mol. The number of nitrogens with zero attached hydrogens (tertiary/aromatic N) is 4. The number of nitriles is 1. The minimum atomic E-state index is 0.632. The van der Waals surface area contributed by atoms with E-state index >= 15 is 0 Å². The Kier molecular flexibility index (Phi) is 3.39. The van der Waals surface area contributed by atoms with Gasteiger partial charge in [-0.2, -0.15) is 5.26 Å². The normalized spacial score (nSPS) is 10.5. The van der Waals surface area contributed by atoms with Crippen molar-refractivity contribution in [2.45, 2.75) is 6.92 Å². The number of allylic oxidation sites excluding steroid dienone is 1. The second-order valence-corrected chi connectivity index (χ2v) is 3.68. The van der Waals surface area contributed by atoms with E-state index in [0.29, 0.717) is 11.6 Å². The van der Waals surface area contributed by atoms with Crippen molar-refractivity contribution in [2.24, 2.45) is 0 Å². The number of rotatable bonds is 3. The summed E-state index contributed by atoms with van der Waals surface area (Å²) in [5.74, 6) is 1.31. The Bertz CT molecular complexity index is 622. The number of aryl methyl sites for hydroxylation is 1. The van der Waals surface area contributed by atoms with Crippen molar-refractivity contribution in [2.75, 3.05) is 7.11 Å². The topological polar surface area (TPSA) is 63.7 Å². The van der Waals surface area contributed by atoms with Crippen LogP contribution < -0.4 is 4.74 Å². The van der Waals surface area contributed by atoms with Gasteiger partial charge in [0.2, 0.25) is 0 Å². The average molecular weight is 240 g/mol. The Hall–Kier alpha value is -2.61. The van der Waals surface area contributed by atoms with Crippen LogP contribution in [0.5, 0.6) is 5.75 Å². The summed E-state index contributed by atoms with van der Waals surface area (Å²) < 4.78 is 7.10. The average Bonchev–Trinajstić information content (AvgIpc) is 2.82. The van der Waals surface area contributed by atoms with Gasteiger partial charge in [0.15, 0.2) is 11.6 Å². The number of pyridine rings is 1. The molecule has 0 saturated carbocycles. The smallest absolute Gasteiger partial charge is 0.180 e. The molecule has 0 saturated heterocycles. The lowest BCUT2D eigenvalue weighted by Crippen LogP contribution is -1.99. The number of hydrogen-bond acceptors (Lipinski definition) is 4. The van der Waals surface area contributed by atoms with Crippen molar-refractivity contribution in [1.82, 2.24) is 14.5 Å². The largest absolute Gasteiger partial charge is 0.493 e. The summed E-state index contributed by atoms with van der Waals surface area (Å²) >= 11 is 0. The summed E-state index contributed by atoms with van der Waals surface area (Å²) in [5.41, 5.74) is 1.72. The van der Waals surface area contributed by atoms with Crippen LogP contribution in [-0.4, -0.2) is 21.6 Å². The molecule has 2 heterocycles. The van der Waals surface area contributed by atoms with Gasteiger partial charge < -0.3 is 4.74 Å². The summed E-state index contributed by atoms with van der Waals surface area (Å²) in [6.07, 6.45) is 8.32. The van der Waals surface area contributed by atoms with E-state index in [1.807, 2.05) is 25.3 Å². The van der Waals surface area contributed by atoms with Gasteiger partial charge in [0, 0.05) is 18.5 Å². The summed E-state index contributed by atoms with van der Waals surface area (Å²) in [6.45, 7) is 1.91. The molecule has 0 spiro atoms. The molecule has 0 aromatic carbocycles. The minimum Gasteiger partial charge on any atom is -0.493 e. The highest BCUT2D eigenvalue weighted by molar-refractivity contribution is 5.56. The van der Waals surface area contributed by atoms with Crippen LogP contribution in [0.3, 0.4) is 0 Å². The first-order valence-electron chi connectivity index (χ1n) is 5.35. The fraction of sp³-hybridized carbons (Fsp3) is 0.154. The SMILES string of the molecule is COc1cc(C=CC#N)cnc1-n1cnc(C)c1. The van der Waals surface area contributed by atoms with Gasteiger partial charge in [0.05, 0.1) is 18.9 Å². The van der Waals surface area contributed by atoms with Gasteiger partial charge >= 0.3 is 0 Å². The molecule has 18 heavy (non-hydrogen) atoms. The fourth-order valence-electron chi connectivity index (χ4n) is 1.56. The van der Waals surface area contributed by atoms with Crippen molar-refractivity contribution in [1.29, 1.82) is 5.26 Å². The number of aromatic nitrogens is 3. The lowest BCUT2D eigenvalue weighted by Gasteiger charge is -2.08. The highest BCUT2D eigenvalue weighted by Crippen LogP contribution is 2.22. The van der Waals surface area contributed by atoms with Crippen LogP contribution in [0.4, 0.5) is 0 Å². The Morgan fingerprint density at radius 1 is 1.44 bits per heavy atom. The zero-order valence-electron chi connectivity index (χ0n) is 10.2. The van der Waals surface area contributed by atoms with Crippen LogP contribution in [-0.2, 0) is 0 Å². The van der Waals surface area contributed by atoms with Crippen LogP contribution in [0.1, 0.15) is 11.3 Å². The van der Waals surface area contributed by atoms with Crippen LogP contribution in [0.15, 0.2) is 30.9 Å². The molecule has 0 fully saturated rings. The van der Waals surface area contributed by atoms with Gasteiger partial charge in [0.1, 0.15) is 6.33 Å². The molecule has 2 aromatic rings. The maximum atomic E-state index is 8.49. The Morgan fingerprint density at radius 3 is 2.89 bits per heavy atom. The van der Waals surface area contributed by atoms with Crippen molar-refractivity contribution in [3.8, 4) is 17.6 Å². The van der Waals surface area contributed by atoms with E-state index in [1.165, 1.54) is 6.08 Å². The molecule has 0 unspecified atom stereocenters. The number of imidazole rings is 1. The third kappa shape index (κ3) is 2.38. The maximum Gasteiger partial charge on any atom is 0.180 e. The van der Waals surface area contributed by atoms with Crippen molar-refractivity contribution < 1.29 is 4.74 Å². The zero-order valence-corrected chi connectivity index (χ0v) is 10.2. The van der Waals surface area contributed by atoms with Gasteiger partial charge in [0.25, 0.3) is 0 Å². The van der Waals surface area contributed by atoms with Gasteiger partial charge in [-0.25, -0.2) is 9.97 Å². The molecular formula is C13H12N4O. The fourth-order valence-corrected chi connectivity index (χ4v) is 1.56. The molecule has 5 nitrogen and oxygen atoms in total. The van der Waals surface area contributed by atoms with Crippen LogP contribution in [0.2, 0.25) is 0 Å². The van der Waals surface area contributed by atoms with Gasteiger partial charge in [-0.05, 0) is 24.6 Å². The molecule has 90 valence electrons. The maximum absolute atomic E-state index is 8.49. The first kappa shape index (κ1) is 11.9. The van der Waals surface area contributed by atoms with Crippen molar-refractivity contribution >= 4 is 6.08 Å². The van der Waals surface area contributed by atoms with E-state index < -0.39 is 0 Å². The van der Waals surface area contributed by atoms with Gasteiger partial charge in [-0.15, -0.1) is 0 Å². The quantitative estimate of drug-likeness (QED) is 0.771. The van der Waals surface area contributed by atoms with Crippen LogP contribution in [0, 0.1) is 18.3 Å². The first-order valence-corrected chi connectivity index (χ1v) is 5.35. The van der Waals surface area contributed by atoms with E-state index in [1.54, 1.807) is 30.3 Å². The summed E-state index contributed by atoms with van der Waals surface area (Å²) in [5, 5.41) is 8.49. The van der Waals surface area contributed by atoms with Gasteiger partial charge in [-0.3, -0.25) is 4.57 Å². The minimum absolute atomic E-state index is 0.632. The first-order chi connectivity index (χ1) is 8.74. The third-order valence-corrected chi connectivity index (χ3v) is 2.38. The summed E-state index contributed by atoms with van der Waals surface area (Å²) in [6, 6.07) is 3.76. The molecule has 0 aliphatic carbocycles. The van der Waals surface area contributed by atoms with E-state index in [9.17, 15) is 0 Å². The van der Waals surface area contributed by atoms with E-state index in [-0.39, 0.29) is 0 Å². The van der Waals surface area contributed by atoms with E-state index in [2.05, 4.69) is 9.97 Å². The standard InChI is InChI=1S/C13H12N4O/c1-10-8-17(9-16-10)13-12(18-2)6-11(7-15-13)4-3-5-14/h3-4,6-9H,1-2H3. The summed E-state index contributed by atoms with van der Waals surface area (Å²) in [7, 11) is 1.59. The Morgan fingerprint density at radius 2 is 2.28 bits per heavy atom. The second-order valence-electron chi connectivity index (χ2n) is 3.68. The molecule has 0 atom stereocenters. The molecule has 0 amide bonds. The molecule has 0 radical (unpaired) electrons. The van der Waals surface area contributed by atoms with Crippen LogP contribution in [0.25, 0.3) is 11.9 Å². The zero-order chi connectivity index (χ0) is 13.0. The lowest BCUT2D eigenvalue weighted by atomic mass is 10.2. The molecule has 2 aromatic heterocycles. The van der Waals surface area contributed by atoms with Crippen molar-refractivity contribution in [3.05, 3.63) is 42.1 Å². The number of ether oxygens (including phenoxy) is 1. The predicted molar refractivity (Wildman–Crippen MR) is 67.3 cm³/mol. The summed E-state index contributed by atoms with van der Waals surface area (Å²) in [4.78, 5) is 8.47. The van der Waals surface area contributed by atoms with E-state index in [0.717, 1.165) is 11.3 Å². The molecule has 5 heteroatoms. The molecule has 0 bridgehead atoms. The highest BCUT2D eigenvalue weighted by atomic mass is 16.5. The lowest BCUT2D eigenvalue weighted by molar-refractivity contribution is 0.410. The molecule has 0 aliphatic heterocycles. The van der Waals surface area contributed by atoms with Crippen LogP contribution >= 0.6 is 0 Å². The van der Waals surface area contributed by atoms with Crippen molar-refractivity contribution in [3.63, 3.8) is 0 Å². The highest BCUT2D eigenvalue weighted by Gasteiger charge is 2.07. The van der Waals surface area contributed by atoms with E-state index in [4.69, 9.17) is 10.00 Å². The Labute approximate surface area is 105 Å².